The van der Waals surface area contributed by atoms with Crippen molar-refractivity contribution in [3.8, 4) is 0 Å². The van der Waals surface area contributed by atoms with Crippen LogP contribution in [0.4, 0.5) is 5.69 Å². The van der Waals surface area contributed by atoms with E-state index in [0.717, 1.165) is 12.0 Å². The zero-order valence-corrected chi connectivity index (χ0v) is 26.3. The first-order chi connectivity index (χ1) is 20.6. The van der Waals surface area contributed by atoms with Crippen molar-refractivity contribution in [1.29, 1.82) is 0 Å². The van der Waals surface area contributed by atoms with E-state index in [1.54, 1.807) is 39.8 Å². The highest BCUT2D eigenvalue weighted by molar-refractivity contribution is 8.02. The molecule has 5 rings (SSSR count). The van der Waals surface area contributed by atoms with Crippen molar-refractivity contribution in [2.24, 2.45) is 11.8 Å². The van der Waals surface area contributed by atoms with Gasteiger partial charge in [0.1, 0.15) is 6.04 Å². The summed E-state index contributed by atoms with van der Waals surface area (Å²) in [5.74, 6) is -2.50. The topological polar surface area (TPSA) is 87.1 Å². The first-order valence-electron chi connectivity index (χ1n) is 14.8. The van der Waals surface area contributed by atoms with Crippen molar-refractivity contribution >= 4 is 46.8 Å². The average Bonchev–Trinajstić information content (AvgIpc) is 3.56. The Morgan fingerprint density at radius 3 is 2.58 bits per heavy atom. The van der Waals surface area contributed by atoms with Gasteiger partial charge in [0.15, 0.2) is 0 Å². The Balaban J connectivity index is 1.64. The Hall–Kier alpha value is -3.07. The number of esters is 1. The molecule has 7 nitrogen and oxygen atoms in total. The molecule has 2 bridgehead atoms. The van der Waals surface area contributed by atoms with E-state index < -0.39 is 39.4 Å². The van der Waals surface area contributed by atoms with Crippen LogP contribution in [-0.4, -0.2) is 63.1 Å². The lowest BCUT2D eigenvalue weighted by molar-refractivity contribution is -0.156. The van der Waals surface area contributed by atoms with E-state index >= 15 is 4.79 Å². The fraction of sp³-hybridized carbons (Fsp3) is 0.441. The zero-order valence-electron chi connectivity index (χ0n) is 24.7. The van der Waals surface area contributed by atoms with Crippen molar-refractivity contribution in [3.05, 3.63) is 90.0 Å². The average molecular weight is 623 g/mol. The number of hydrogen-bond donors (Lipinski definition) is 1. The summed E-state index contributed by atoms with van der Waals surface area (Å²) < 4.78 is 4.29. The van der Waals surface area contributed by atoms with Crippen LogP contribution < -0.4 is 4.90 Å². The number of nitrogens with zero attached hydrogens (tertiary/aromatic N) is 2. The molecule has 3 saturated heterocycles. The molecule has 0 aromatic heterocycles. The summed E-state index contributed by atoms with van der Waals surface area (Å²) in [6, 6.07) is 13.0. The summed E-state index contributed by atoms with van der Waals surface area (Å²) in [6.45, 7) is 11.6. The summed E-state index contributed by atoms with van der Waals surface area (Å²) in [5.41, 5.74) is 2.08. The Bertz CT molecular complexity index is 1400. The van der Waals surface area contributed by atoms with Crippen LogP contribution in [0.3, 0.4) is 0 Å². The summed E-state index contributed by atoms with van der Waals surface area (Å²) >= 11 is 8.26. The van der Waals surface area contributed by atoms with Crippen LogP contribution in [0.1, 0.15) is 49.8 Å². The summed E-state index contributed by atoms with van der Waals surface area (Å²) in [4.78, 5) is 46.6. The molecule has 9 heteroatoms. The molecular formula is C34H39ClN2O5S. The molecule has 2 aromatic carbocycles. The number of amides is 2. The number of allylic oxidation sites excluding steroid dienone is 1. The van der Waals surface area contributed by atoms with Crippen LogP contribution >= 0.6 is 23.4 Å². The van der Waals surface area contributed by atoms with Crippen LogP contribution in [0, 0.1) is 18.8 Å². The lowest BCUT2D eigenvalue weighted by atomic mass is 9.66. The van der Waals surface area contributed by atoms with Crippen molar-refractivity contribution in [3.63, 3.8) is 0 Å². The van der Waals surface area contributed by atoms with Gasteiger partial charge in [-0.1, -0.05) is 66.2 Å². The van der Waals surface area contributed by atoms with Gasteiger partial charge < -0.3 is 19.6 Å². The number of aryl methyl sites for hydroxylation is 1. The smallest absolute Gasteiger partial charge is 0.311 e. The maximum atomic E-state index is 15.0. The minimum Gasteiger partial charge on any atom is -0.465 e. The number of rotatable bonds is 12. The number of ether oxygens (including phenoxy) is 1. The van der Waals surface area contributed by atoms with Gasteiger partial charge in [0.05, 0.1) is 46.5 Å². The summed E-state index contributed by atoms with van der Waals surface area (Å²) in [5, 5.41) is 11.2. The molecule has 3 aliphatic rings. The molecule has 1 N–H and O–H groups in total. The molecule has 3 fully saturated rings. The van der Waals surface area contributed by atoms with Gasteiger partial charge in [0, 0.05) is 11.3 Å². The minimum absolute atomic E-state index is 0.175. The third-order valence-electron chi connectivity index (χ3n) is 9.23. The largest absolute Gasteiger partial charge is 0.465 e. The van der Waals surface area contributed by atoms with E-state index in [1.165, 1.54) is 0 Å². The Morgan fingerprint density at radius 2 is 1.93 bits per heavy atom. The highest BCUT2D eigenvalue weighted by atomic mass is 35.5. The molecule has 2 unspecified atom stereocenters. The number of anilines is 1. The van der Waals surface area contributed by atoms with Crippen LogP contribution in [0.5, 0.6) is 0 Å². The summed E-state index contributed by atoms with van der Waals surface area (Å²) in [7, 11) is 0. The van der Waals surface area contributed by atoms with Gasteiger partial charge in [0.25, 0.3) is 5.91 Å². The molecule has 1 spiro atoms. The van der Waals surface area contributed by atoms with Crippen LogP contribution in [-0.2, 0) is 19.1 Å². The van der Waals surface area contributed by atoms with E-state index in [-0.39, 0.29) is 31.6 Å². The van der Waals surface area contributed by atoms with E-state index in [1.807, 2.05) is 56.3 Å². The van der Waals surface area contributed by atoms with Gasteiger partial charge in [-0.05, 0) is 56.7 Å². The molecule has 2 amide bonds. The quantitative estimate of drug-likeness (QED) is 0.180. The number of halogens is 1. The normalized spacial score (nSPS) is 28.0. The molecule has 0 aliphatic carbocycles. The first-order valence-corrected chi connectivity index (χ1v) is 16.0. The van der Waals surface area contributed by atoms with Gasteiger partial charge >= 0.3 is 5.97 Å². The summed E-state index contributed by atoms with van der Waals surface area (Å²) in [6.07, 6.45) is 6.02. The highest BCUT2D eigenvalue weighted by Crippen LogP contribution is 2.72. The Labute approximate surface area is 262 Å². The van der Waals surface area contributed by atoms with Crippen LogP contribution in [0.15, 0.2) is 73.8 Å². The lowest BCUT2D eigenvalue weighted by Crippen LogP contribution is -2.56. The number of hydrogen-bond acceptors (Lipinski definition) is 6. The predicted octanol–water partition coefficient (Wildman–Crippen LogP) is 5.89. The fourth-order valence-corrected chi connectivity index (χ4v) is 10.0. The third-order valence-corrected chi connectivity index (χ3v) is 11.5. The number of aliphatic hydroxyl groups excluding tert-OH is 1. The second kappa shape index (κ2) is 12.5. The maximum Gasteiger partial charge on any atom is 0.311 e. The minimum atomic E-state index is -0.955. The van der Waals surface area contributed by atoms with Gasteiger partial charge in [0.2, 0.25) is 5.91 Å². The number of likely N-dealkylation sites (tertiary alicyclic amines) is 1. The standard InChI is InChI=1S/C34H39ClN2O5S/c1-5-7-11-20-42-32(41)27-26-30(39)37(25(21-38)23-14-9-8-10-15-23)29(34(26)18-17-33(27,4)43-34)31(40)36(19-6-2)28-22(3)13-12-16-24(28)35/h5-6,8-10,12-16,25-27,29,38H,1-2,7,11,17-21H2,3-4H3/t25-,26+,27-,29?,33+,34?/m1/s1. The predicted molar refractivity (Wildman–Crippen MR) is 171 cm³/mol. The number of carbonyl (C=O) groups is 3. The molecule has 2 aromatic rings. The van der Waals surface area contributed by atoms with E-state index in [0.29, 0.717) is 35.5 Å². The van der Waals surface area contributed by atoms with Crippen molar-refractivity contribution in [1.82, 2.24) is 4.90 Å². The zero-order chi connectivity index (χ0) is 30.9. The van der Waals surface area contributed by atoms with Crippen molar-refractivity contribution in [2.45, 2.75) is 61.1 Å². The second-order valence-electron chi connectivity index (χ2n) is 11.8. The SMILES string of the molecule is C=CCCCOC(=O)[C@H]1[C@H]2C(=O)N([C@H](CO)c3ccccc3)C(C(=O)N(CC=C)c3c(C)cccc3Cl)C23CC[C@]1(C)S3. The van der Waals surface area contributed by atoms with Gasteiger partial charge in [-0.25, -0.2) is 0 Å². The molecule has 3 heterocycles. The molecular weight excluding hydrogens is 584 g/mol. The number of thioether (sulfide) groups is 1. The van der Waals surface area contributed by atoms with Crippen molar-refractivity contribution in [2.75, 3.05) is 24.7 Å². The van der Waals surface area contributed by atoms with Gasteiger partial charge in [-0.15, -0.1) is 24.9 Å². The molecule has 228 valence electrons. The number of carbonyl (C=O) groups excluding carboxylic acids is 3. The first kappa shape index (κ1) is 31.4. The Kier molecular flexibility index (Phi) is 9.12. The number of fused-ring (bicyclic) bond motifs is 1. The number of aliphatic hydroxyl groups is 1. The molecule has 0 saturated carbocycles. The van der Waals surface area contributed by atoms with E-state index in [4.69, 9.17) is 16.3 Å². The van der Waals surface area contributed by atoms with Crippen molar-refractivity contribution < 1.29 is 24.2 Å². The number of unbranched alkanes of at least 4 members (excludes halogenated alkanes) is 1. The lowest BCUT2D eigenvalue weighted by Gasteiger charge is -2.40. The van der Waals surface area contributed by atoms with E-state index in [2.05, 4.69) is 13.2 Å². The monoisotopic (exact) mass is 622 g/mol. The fourth-order valence-electron chi connectivity index (χ4n) is 7.39. The number of para-hydroxylation sites is 1. The second-order valence-corrected chi connectivity index (χ2v) is 14.1. The van der Waals surface area contributed by atoms with Gasteiger partial charge in [-0.2, -0.15) is 0 Å². The number of benzene rings is 2. The van der Waals surface area contributed by atoms with Crippen LogP contribution in [0.2, 0.25) is 5.02 Å². The van der Waals surface area contributed by atoms with Crippen LogP contribution in [0.25, 0.3) is 0 Å². The van der Waals surface area contributed by atoms with E-state index in [9.17, 15) is 14.7 Å². The van der Waals surface area contributed by atoms with Gasteiger partial charge in [-0.3, -0.25) is 14.4 Å². The third kappa shape index (κ3) is 5.21. The molecule has 0 radical (unpaired) electrons. The molecule has 6 atom stereocenters. The highest BCUT2D eigenvalue weighted by Gasteiger charge is 2.78. The maximum absolute atomic E-state index is 15.0. The molecule has 43 heavy (non-hydrogen) atoms. The Morgan fingerprint density at radius 1 is 1.19 bits per heavy atom. The molecule has 3 aliphatic heterocycles.